The third kappa shape index (κ3) is 4.34. The number of pyridine rings is 1. The van der Waals surface area contributed by atoms with Crippen molar-refractivity contribution in [3.05, 3.63) is 101 Å². The lowest BCUT2D eigenvalue weighted by Gasteiger charge is -2.15. The van der Waals surface area contributed by atoms with E-state index >= 15 is 0 Å². The molecule has 0 amide bonds. The number of rotatable bonds is 6. The largest absolute Gasteiger partial charge is 0.370 e. The van der Waals surface area contributed by atoms with Gasteiger partial charge in [-0.15, -0.1) is 0 Å². The molecule has 5 heteroatoms. The molecule has 1 heterocycles. The summed E-state index contributed by atoms with van der Waals surface area (Å²) < 4.78 is 1.80. The Hall–Kier alpha value is -2.56. The van der Waals surface area contributed by atoms with E-state index in [0.717, 1.165) is 5.56 Å². The van der Waals surface area contributed by atoms with Crippen LogP contribution in [0.3, 0.4) is 0 Å². The lowest BCUT2D eigenvalue weighted by Crippen LogP contribution is -2.51. The minimum atomic E-state index is -0.658. The summed E-state index contributed by atoms with van der Waals surface area (Å²) in [6, 6.07) is 21.9. The molecule has 0 fully saturated rings. The van der Waals surface area contributed by atoms with Gasteiger partial charge in [0.2, 0.25) is 5.78 Å². The maximum Gasteiger partial charge on any atom is 0.270 e. The zero-order valence-corrected chi connectivity index (χ0v) is 15.6. The van der Waals surface area contributed by atoms with Gasteiger partial charge >= 0.3 is 0 Å². The first-order valence-corrected chi connectivity index (χ1v) is 9.01. The van der Waals surface area contributed by atoms with Crippen LogP contribution in [0.15, 0.2) is 85.2 Å². The number of ketones is 1. The van der Waals surface area contributed by atoms with Crippen LogP contribution in [0.5, 0.6) is 0 Å². The van der Waals surface area contributed by atoms with Gasteiger partial charge < -0.3 is 5.32 Å². The van der Waals surface area contributed by atoms with Gasteiger partial charge in [0.15, 0.2) is 17.4 Å². The average Bonchev–Trinajstić information content (AvgIpc) is 2.68. The normalized spacial score (nSPS) is 11.6. The number of Topliss-reactive ketones (excluding diaryl/α,β-unsaturated/α-hetero) is 1. The van der Waals surface area contributed by atoms with Crippen LogP contribution in [0.25, 0.3) is 0 Å². The summed E-state index contributed by atoms with van der Waals surface area (Å²) in [5.74, 6) is -0.141. The highest BCUT2D eigenvalue weighted by molar-refractivity contribution is 7.80. The predicted molar refractivity (Wildman–Crippen MR) is 107 cm³/mol. The van der Waals surface area contributed by atoms with Gasteiger partial charge in [-0.05, 0) is 17.7 Å². The first-order valence-electron chi connectivity index (χ1n) is 8.23. The van der Waals surface area contributed by atoms with Gasteiger partial charge in [-0.25, -0.2) is 0 Å². The minimum absolute atomic E-state index is 0.141. The van der Waals surface area contributed by atoms with Crippen LogP contribution in [0, 0.1) is 0 Å². The standard InChI is InChI=1S/C21H17ClN2OS/c22-18-12-6-5-11-17(18)20(25)19(24-13-7-2-8-14-24)21(26)23-15-16-9-3-1-4-10-16/h1-14,19H,15H2/p+1. The lowest BCUT2D eigenvalue weighted by molar-refractivity contribution is -0.692. The molecule has 0 aliphatic rings. The first-order chi connectivity index (χ1) is 12.7. The molecule has 3 aromatic rings. The zero-order valence-electron chi connectivity index (χ0n) is 14.0. The molecule has 2 aromatic carbocycles. The maximum atomic E-state index is 13.2. The van der Waals surface area contributed by atoms with Gasteiger partial charge in [-0.1, -0.05) is 72.3 Å². The van der Waals surface area contributed by atoms with E-state index < -0.39 is 6.04 Å². The van der Waals surface area contributed by atoms with Crippen molar-refractivity contribution in [2.45, 2.75) is 12.6 Å². The van der Waals surface area contributed by atoms with Crippen LogP contribution < -0.4 is 9.88 Å². The summed E-state index contributed by atoms with van der Waals surface area (Å²) in [5.41, 5.74) is 1.55. The number of nitrogens with one attached hydrogen (secondary N) is 1. The smallest absolute Gasteiger partial charge is 0.270 e. The molecule has 0 saturated carbocycles. The van der Waals surface area contributed by atoms with Crippen LogP contribution in [0.4, 0.5) is 0 Å². The second-order valence-corrected chi connectivity index (χ2v) is 6.62. The lowest BCUT2D eigenvalue weighted by atomic mass is 10.0. The van der Waals surface area contributed by atoms with Crippen LogP contribution >= 0.6 is 23.8 Å². The van der Waals surface area contributed by atoms with Gasteiger partial charge in [0.25, 0.3) is 6.04 Å². The third-order valence-electron chi connectivity index (χ3n) is 3.98. The number of aromatic nitrogens is 1. The Morgan fingerprint density at radius 2 is 1.58 bits per heavy atom. The van der Waals surface area contributed by atoms with Crippen molar-refractivity contribution in [2.75, 3.05) is 0 Å². The summed E-state index contributed by atoms with van der Waals surface area (Å²) in [7, 11) is 0. The molecule has 0 saturated heterocycles. The summed E-state index contributed by atoms with van der Waals surface area (Å²) in [4.78, 5) is 13.6. The molecule has 0 spiro atoms. The van der Waals surface area contributed by atoms with Crippen LogP contribution in [-0.4, -0.2) is 10.8 Å². The number of halogens is 1. The number of hydrogen-bond donors (Lipinski definition) is 1. The van der Waals surface area contributed by atoms with Gasteiger partial charge in [-0.2, -0.15) is 4.57 Å². The Balaban J connectivity index is 1.87. The molecular formula is C21H18ClN2OS+. The van der Waals surface area contributed by atoms with Crippen molar-refractivity contribution >= 4 is 34.6 Å². The van der Waals surface area contributed by atoms with Crippen molar-refractivity contribution in [3.8, 4) is 0 Å². The average molecular weight is 382 g/mol. The predicted octanol–water partition coefficient (Wildman–Crippen LogP) is 4.17. The van der Waals surface area contributed by atoms with E-state index in [-0.39, 0.29) is 5.78 Å². The van der Waals surface area contributed by atoms with Crippen LogP contribution in [0.1, 0.15) is 22.0 Å². The number of benzene rings is 2. The van der Waals surface area contributed by atoms with Crippen molar-refractivity contribution in [3.63, 3.8) is 0 Å². The Morgan fingerprint density at radius 1 is 0.962 bits per heavy atom. The maximum absolute atomic E-state index is 13.2. The number of carbonyl (C=O) groups excluding carboxylic acids is 1. The topological polar surface area (TPSA) is 33.0 Å². The Kier molecular flexibility index (Phi) is 6.10. The van der Waals surface area contributed by atoms with E-state index in [2.05, 4.69) is 5.32 Å². The molecular weight excluding hydrogens is 364 g/mol. The molecule has 0 aliphatic heterocycles. The highest BCUT2D eigenvalue weighted by atomic mass is 35.5. The highest BCUT2D eigenvalue weighted by Gasteiger charge is 2.33. The second-order valence-electron chi connectivity index (χ2n) is 5.77. The fourth-order valence-corrected chi connectivity index (χ4v) is 3.19. The van der Waals surface area contributed by atoms with Gasteiger partial charge in [0.05, 0.1) is 5.02 Å². The summed E-state index contributed by atoms with van der Waals surface area (Å²) >= 11 is 11.8. The van der Waals surface area contributed by atoms with Crippen LogP contribution in [0.2, 0.25) is 5.02 Å². The fraction of sp³-hybridized carbons (Fsp3) is 0.0952. The minimum Gasteiger partial charge on any atom is -0.370 e. The molecule has 3 nitrogen and oxygen atoms in total. The van der Waals surface area contributed by atoms with Gasteiger partial charge in [-0.3, -0.25) is 4.79 Å². The monoisotopic (exact) mass is 381 g/mol. The fourth-order valence-electron chi connectivity index (χ4n) is 2.66. The van der Waals surface area contributed by atoms with Crippen molar-refractivity contribution in [2.24, 2.45) is 0 Å². The van der Waals surface area contributed by atoms with Crippen molar-refractivity contribution in [1.29, 1.82) is 0 Å². The molecule has 1 atom stereocenters. The number of hydrogen-bond acceptors (Lipinski definition) is 2. The van der Waals surface area contributed by atoms with Gasteiger partial charge in [0.1, 0.15) is 0 Å². The van der Waals surface area contributed by atoms with E-state index in [1.807, 2.05) is 60.9 Å². The van der Waals surface area contributed by atoms with E-state index in [4.69, 9.17) is 23.8 Å². The van der Waals surface area contributed by atoms with Crippen LogP contribution in [-0.2, 0) is 6.54 Å². The van der Waals surface area contributed by atoms with E-state index in [0.29, 0.717) is 22.1 Å². The van der Waals surface area contributed by atoms with Crippen molar-refractivity contribution < 1.29 is 9.36 Å². The summed E-state index contributed by atoms with van der Waals surface area (Å²) in [6.07, 6.45) is 3.66. The Morgan fingerprint density at radius 3 is 2.27 bits per heavy atom. The summed E-state index contributed by atoms with van der Waals surface area (Å²) in [6.45, 7) is 0.555. The second kappa shape index (κ2) is 8.70. The molecule has 130 valence electrons. The highest BCUT2D eigenvalue weighted by Crippen LogP contribution is 2.20. The van der Waals surface area contributed by atoms with E-state index in [1.165, 1.54) is 0 Å². The molecule has 0 aliphatic carbocycles. The third-order valence-corrected chi connectivity index (χ3v) is 4.68. The molecule has 0 radical (unpaired) electrons. The van der Waals surface area contributed by atoms with E-state index in [9.17, 15) is 4.79 Å². The molecule has 3 rings (SSSR count). The van der Waals surface area contributed by atoms with Gasteiger partial charge in [0, 0.05) is 24.2 Å². The number of nitrogens with zero attached hydrogens (tertiary/aromatic N) is 1. The molecule has 26 heavy (non-hydrogen) atoms. The number of thiocarbonyl (C=S) groups is 1. The molecule has 0 bridgehead atoms. The molecule has 1 aromatic heterocycles. The van der Waals surface area contributed by atoms with E-state index in [1.54, 1.807) is 28.8 Å². The number of carbonyl (C=O) groups is 1. The van der Waals surface area contributed by atoms with Crippen molar-refractivity contribution in [1.82, 2.24) is 5.32 Å². The Bertz CT molecular complexity index is 900. The summed E-state index contributed by atoms with van der Waals surface area (Å²) in [5, 5.41) is 3.64. The zero-order chi connectivity index (χ0) is 18.4. The first kappa shape index (κ1) is 18.2. The molecule has 1 unspecified atom stereocenters. The Labute approximate surface area is 163 Å². The SMILES string of the molecule is O=C(c1ccccc1Cl)C(C(=S)NCc1ccccc1)[n+]1ccccc1. The molecule has 1 N–H and O–H groups in total. The quantitative estimate of drug-likeness (QED) is 0.395.